The van der Waals surface area contributed by atoms with Crippen LogP contribution in [0.3, 0.4) is 0 Å². The van der Waals surface area contributed by atoms with Gasteiger partial charge in [0.05, 0.1) is 12.2 Å². The number of aryl methyl sites for hydroxylation is 1. The van der Waals surface area contributed by atoms with Crippen LogP contribution in [-0.4, -0.2) is 53.4 Å². The summed E-state index contributed by atoms with van der Waals surface area (Å²) in [4.78, 5) is 42.0. The molecular weight excluding hydrogens is 442 g/mol. The highest BCUT2D eigenvalue weighted by molar-refractivity contribution is 6.37. The fraction of sp³-hybridized carbons (Fsp3) is 0.320. The number of halogens is 1. The van der Waals surface area contributed by atoms with Crippen LogP contribution in [0.15, 0.2) is 54.2 Å². The molecule has 2 aliphatic rings. The number of carbonyl (C=O) groups excluding carboxylic acids is 3. The molecule has 7 nitrogen and oxygen atoms in total. The molecule has 8 heteroatoms. The van der Waals surface area contributed by atoms with Gasteiger partial charge in [-0.05, 0) is 49.9 Å². The summed E-state index contributed by atoms with van der Waals surface area (Å²) < 4.78 is 5.07. The number of anilines is 1. The molecule has 0 aromatic heterocycles. The average molecular weight is 468 g/mol. The summed E-state index contributed by atoms with van der Waals surface area (Å²) in [6.07, 6.45) is 0.640. The van der Waals surface area contributed by atoms with Gasteiger partial charge in [-0.2, -0.15) is 0 Å². The van der Waals surface area contributed by atoms with Crippen molar-refractivity contribution >= 4 is 40.8 Å². The Bertz CT molecular complexity index is 1110. The van der Waals surface area contributed by atoms with Gasteiger partial charge < -0.3 is 15.0 Å². The molecule has 2 heterocycles. The molecule has 1 N–H and O–H groups in total. The lowest BCUT2D eigenvalue weighted by molar-refractivity contribution is -0.140. The third kappa shape index (κ3) is 4.59. The summed E-state index contributed by atoms with van der Waals surface area (Å²) in [7, 11) is 0. The Morgan fingerprint density at radius 3 is 2.42 bits per heavy atom. The minimum Gasteiger partial charge on any atom is -0.450 e. The monoisotopic (exact) mass is 467 g/mol. The van der Waals surface area contributed by atoms with E-state index < -0.39 is 0 Å². The van der Waals surface area contributed by atoms with Crippen molar-refractivity contribution in [1.29, 1.82) is 0 Å². The predicted molar refractivity (Wildman–Crippen MR) is 127 cm³/mol. The zero-order valence-electron chi connectivity index (χ0n) is 18.6. The minimum atomic E-state index is -0.370. The lowest BCUT2D eigenvalue weighted by Crippen LogP contribution is -2.49. The summed E-state index contributed by atoms with van der Waals surface area (Å²) in [5.74, 6) is -0.702. The first-order chi connectivity index (χ1) is 15.9. The average Bonchev–Trinajstić information content (AvgIpc) is 3.06. The van der Waals surface area contributed by atoms with Gasteiger partial charge in [-0.3, -0.25) is 14.5 Å². The molecule has 0 saturated carbocycles. The van der Waals surface area contributed by atoms with Gasteiger partial charge in [0.25, 0.3) is 11.8 Å². The van der Waals surface area contributed by atoms with Crippen LogP contribution in [0.25, 0.3) is 5.57 Å². The smallest absolute Gasteiger partial charge is 0.409 e. The first kappa shape index (κ1) is 22.9. The number of ether oxygens (including phenoxy) is 1. The lowest BCUT2D eigenvalue weighted by atomic mass is 10.0. The topological polar surface area (TPSA) is 79.0 Å². The third-order valence-corrected chi connectivity index (χ3v) is 6.38. The molecule has 0 radical (unpaired) electrons. The van der Waals surface area contributed by atoms with Gasteiger partial charge in [-0.1, -0.05) is 48.0 Å². The minimum absolute atomic E-state index is 0.235. The molecule has 172 valence electrons. The van der Waals surface area contributed by atoms with Gasteiger partial charge >= 0.3 is 6.09 Å². The van der Waals surface area contributed by atoms with Gasteiger partial charge in [0.1, 0.15) is 5.70 Å². The van der Waals surface area contributed by atoms with E-state index in [0.717, 1.165) is 5.56 Å². The van der Waals surface area contributed by atoms with Crippen molar-refractivity contribution in [1.82, 2.24) is 9.80 Å². The Kier molecular flexibility index (Phi) is 6.70. The van der Waals surface area contributed by atoms with Crippen LogP contribution in [0, 0.1) is 6.92 Å². The van der Waals surface area contributed by atoms with Crippen LogP contribution in [0.4, 0.5) is 10.5 Å². The highest BCUT2D eigenvalue weighted by atomic mass is 35.5. The van der Waals surface area contributed by atoms with Crippen LogP contribution in [0.2, 0.25) is 5.02 Å². The molecule has 0 spiro atoms. The van der Waals surface area contributed by atoms with Crippen LogP contribution < -0.4 is 5.32 Å². The van der Waals surface area contributed by atoms with Gasteiger partial charge in [0, 0.05) is 29.8 Å². The molecule has 2 aliphatic heterocycles. The van der Waals surface area contributed by atoms with Crippen molar-refractivity contribution < 1.29 is 19.1 Å². The zero-order valence-corrected chi connectivity index (χ0v) is 19.4. The van der Waals surface area contributed by atoms with E-state index in [1.54, 1.807) is 17.9 Å². The Morgan fingerprint density at radius 1 is 1.09 bits per heavy atom. The molecule has 4 rings (SSSR count). The number of piperidine rings is 1. The molecule has 3 amide bonds. The van der Waals surface area contributed by atoms with Gasteiger partial charge in [-0.25, -0.2) is 4.79 Å². The number of likely N-dealkylation sites (tertiary alicyclic amines) is 1. The van der Waals surface area contributed by atoms with Crippen molar-refractivity contribution in [2.24, 2.45) is 0 Å². The van der Waals surface area contributed by atoms with Crippen LogP contribution in [-0.2, 0) is 14.3 Å². The largest absolute Gasteiger partial charge is 0.450 e. The first-order valence-corrected chi connectivity index (χ1v) is 11.4. The third-order valence-electron chi connectivity index (χ3n) is 5.97. The van der Waals surface area contributed by atoms with E-state index in [1.165, 1.54) is 4.90 Å². The van der Waals surface area contributed by atoms with Crippen LogP contribution >= 0.6 is 11.6 Å². The van der Waals surface area contributed by atoms with Crippen molar-refractivity contribution in [3.8, 4) is 0 Å². The maximum atomic E-state index is 13.5. The molecule has 0 bridgehead atoms. The molecule has 1 saturated heterocycles. The number of hydrogen-bond acceptors (Lipinski definition) is 5. The number of benzene rings is 2. The van der Waals surface area contributed by atoms with E-state index >= 15 is 0 Å². The Balaban J connectivity index is 1.61. The second kappa shape index (κ2) is 9.67. The molecular formula is C25H26ClN3O4. The number of nitrogens with zero attached hydrogens (tertiary/aromatic N) is 2. The predicted octanol–water partition coefficient (Wildman–Crippen LogP) is 4.46. The number of hydrogen-bond donors (Lipinski definition) is 1. The highest BCUT2D eigenvalue weighted by Gasteiger charge is 2.44. The van der Waals surface area contributed by atoms with E-state index in [2.05, 4.69) is 5.32 Å². The number of amides is 3. The first-order valence-electron chi connectivity index (χ1n) is 11.0. The summed E-state index contributed by atoms with van der Waals surface area (Å²) in [6, 6.07) is 14.3. The second-order valence-corrected chi connectivity index (χ2v) is 8.51. The van der Waals surface area contributed by atoms with Gasteiger partial charge in [0.15, 0.2) is 0 Å². The van der Waals surface area contributed by atoms with Gasteiger partial charge in [-0.15, -0.1) is 0 Å². The van der Waals surface area contributed by atoms with Crippen LogP contribution in [0.1, 0.15) is 30.9 Å². The van der Waals surface area contributed by atoms with Crippen molar-refractivity contribution in [2.45, 2.75) is 32.7 Å². The maximum Gasteiger partial charge on any atom is 0.409 e. The molecule has 33 heavy (non-hydrogen) atoms. The maximum absolute atomic E-state index is 13.5. The Morgan fingerprint density at radius 2 is 1.79 bits per heavy atom. The van der Waals surface area contributed by atoms with Crippen molar-refractivity contribution in [2.75, 3.05) is 25.0 Å². The highest BCUT2D eigenvalue weighted by Crippen LogP contribution is 2.34. The number of rotatable bonds is 5. The fourth-order valence-electron chi connectivity index (χ4n) is 4.20. The van der Waals surface area contributed by atoms with Crippen molar-refractivity contribution in [3.63, 3.8) is 0 Å². The standard InChI is InChI=1S/C25H26ClN3O4/c1-3-33-25(32)28-13-11-19(12-14-28)29-23(30)21(17-7-5-4-6-8-17)22(24(29)31)27-18-10-9-16(2)20(26)15-18/h4-10,15,19,27H,3,11-14H2,1-2H3. The normalized spacial score (nSPS) is 17.1. The molecule has 2 aromatic rings. The molecule has 0 aliphatic carbocycles. The molecule has 0 unspecified atom stereocenters. The Labute approximate surface area is 198 Å². The number of nitrogens with one attached hydrogen (secondary N) is 1. The fourth-order valence-corrected chi connectivity index (χ4v) is 4.38. The van der Waals surface area contributed by atoms with Gasteiger partial charge in [0.2, 0.25) is 0 Å². The number of imide groups is 1. The quantitative estimate of drug-likeness (QED) is 0.657. The molecule has 2 aromatic carbocycles. The summed E-state index contributed by atoms with van der Waals surface area (Å²) in [5.41, 5.74) is 2.80. The van der Waals surface area contributed by atoms with E-state index in [9.17, 15) is 14.4 Å². The van der Waals surface area contributed by atoms with E-state index in [-0.39, 0.29) is 29.6 Å². The lowest BCUT2D eigenvalue weighted by Gasteiger charge is -2.35. The van der Waals surface area contributed by atoms with E-state index in [1.807, 2.05) is 49.4 Å². The second-order valence-electron chi connectivity index (χ2n) is 8.10. The summed E-state index contributed by atoms with van der Waals surface area (Å²) >= 11 is 6.27. The zero-order chi connectivity index (χ0) is 23.5. The van der Waals surface area contributed by atoms with Crippen molar-refractivity contribution in [3.05, 3.63) is 70.4 Å². The number of carbonyl (C=O) groups is 3. The SMILES string of the molecule is CCOC(=O)N1CCC(N2C(=O)C(Nc3ccc(C)c(Cl)c3)=C(c3ccccc3)C2=O)CC1. The summed E-state index contributed by atoms with van der Waals surface area (Å²) in [5, 5.41) is 3.72. The van der Waals surface area contributed by atoms with E-state index in [4.69, 9.17) is 16.3 Å². The Hall–Kier alpha value is -3.32. The molecule has 0 atom stereocenters. The summed E-state index contributed by atoms with van der Waals surface area (Å²) in [6.45, 7) is 4.83. The molecule has 1 fully saturated rings. The van der Waals surface area contributed by atoms with Crippen LogP contribution in [0.5, 0.6) is 0 Å². The van der Waals surface area contributed by atoms with E-state index in [0.29, 0.717) is 54.4 Å².